The van der Waals surface area contributed by atoms with E-state index in [-0.39, 0.29) is 36.4 Å². The summed E-state index contributed by atoms with van der Waals surface area (Å²) in [5.41, 5.74) is 1.96. The van der Waals surface area contributed by atoms with Crippen molar-refractivity contribution >= 4 is 24.3 Å². The zero-order chi connectivity index (χ0) is 21.1. The van der Waals surface area contributed by atoms with Gasteiger partial charge in [0.1, 0.15) is 11.9 Å². The van der Waals surface area contributed by atoms with Crippen LogP contribution in [0.1, 0.15) is 49.7 Å². The van der Waals surface area contributed by atoms with E-state index in [1.165, 1.54) is 19.8 Å². The molecule has 0 radical (unpaired) electrons. The lowest BCUT2D eigenvalue weighted by atomic mass is 9.91. The molecule has 0 aliphatic carbocycles. The van der Waals surface area contributed by atoms with Crippen LogP contribution in [0.5, 0.6) is 5.75 Å². The summed E-state index contributed by atoms with van der Waals surface area (Å²) >= 11 is 0. The number of piperidine rings is 1. The second-order valence-corrected chi connectivity index (χ2v) is 8.49. The van der Waals surface area contributed by atoms with Crippen LogP contribution >= 0.6 is 12.4 Å². The van der Waals surface area contributed by atoms with Gasteiger partial charge in [-0.05, 0) is 62.4 Å². The van der Waals surface area contributed by atoms with Gasteiger partial charge in [0.05, 0.1) is 5.92 Å². The molecule has 166 valence electrons. The smallest absolute Gasteiger partial charge is 0.314 e. The van der Waals surface area contributed by atoms with Crippen LogP contribution in [0.2, 0.25) is 0 Å². The summed E-state index contributed by atoms with van der Waals surface area (Å²) in [5, 5.41) is 0. The molecule has 2 heterocycles. The number of rotatable bonds is 6. The molecule has 3 unspecified atom stereocenters. The summed E-state index contributed by atoms with van der Waals surface area (Å²) in [6.45, 7) is 1.38. The maximum atomic E-state index is 13.2. The van der Waals surface area contributed by atoms with Crippen molar-refractivity contribution in [1.82, 2.24) is 4.90 Å². The maximum absolute atomic E-state index is 13.2. The van der Waals surface area contributed by atoms with E-state index in [2.05, 4.69) is 11.9 Å². The summed E-state index contributed by atoms with van der Waals surface area (Å²) in [6, 6.07) is 18.2. The van der Waals surface area contributed by atoms with Gasteiger partial charge in [0, 0.05) is 19.0 Å². The molecule has 2 aliphatic heterocycles. The first-order chi connectivity index (χ1) is 14.5. The van der Waals surface area contributed by atoms with Crippen molar-refractivity contribution in [2.24, 2.45) is 0 Å². The number of nitrogens with zero attached hydrogens (tertiary/aromatic N) is 1. The lowest BCUT2D eigenvalue weighted by Gasteiger charge is -2.36. The van der Waals surface area contributed by atoms with Crippen molar-refractivity contribution in [2.75, 3.05) is 7.05 Å². The van der Waals surface area contributed by atoms with Gasteiger partial charge < -0.3 is 14.4 Å². The molecule has 5 nitrogen and oxygen atoms in total. The van der Waals surface area contributed by atoms with Gasteiger partial charge >= 0.3 is 11.9 Å². The molecule has 2 fully saturated rings. The highest BCUT2D eigenvalue weighted by molar-refractivity contribution is 5.85. The highest BCUT2D eigenvalue weighted by atomic mass is 35.5. The predicted molar refractivity (Wildman–Crippen MR) is 122 cm³/mol. The summed E-state index contributed by atoms with van der Waals surface area (Å²) in [7, 11) is 2.19. The van der Waals surface area contributed by atoms with Crippen LogP contribution in [-0.4, -0.2) is 42.1 Å². The number of halogens is 1. The first-order valence-electron chi connectivity index (χ1n) is 10.7. The number of carbonyl (C=O) groups is 2. The van der Waals surface area contributed by atoms with Crippen LogP contribution in [0.25, 0.3) is 0 Å². The van der Waals surface area contributed by atoms with Gasteiger partial charge in [0.2, 0.25) is 0 Å². The van der Waals surface area contributed by atoms with E-state index >= 15 is 0 Å². The minimum absolute atomic E-state index is 0. The van der Waals surface area contributed by atoms with Crippen molar-refractivity contribution < 1.29 is 19.1 Å². The number of hydrogen-bond donors (Lipinski definition) is 0. The standard InChI is InChI=1S/C25H29NO4.ClH/c1-17(27)29-22-12-8-18(9-13-22)14-24(19-6-4-3-5-7-19)25(28)30-23-15-20-10-11-21(16-23)26(20)2;/h3-9,12-13,20-21,23-24H,10-11,14-16H2,1-2H3;1H. The van der Waals surface area contributed by atoms with Crippen molar-refractivity contribution in [3.8, 4) is 5.75 Å². The molecule has 0 amide bonds. The minimum atomic E-state index is -0.358. The first-order valence-corrected chi connectivity index (χ1v) is 10.7. The van der Waals surface area contributed by atoms with E-state index in [1.54, 1.807) is 12.1 Å². The number of esters is 2. The number of fused-ring (bicyclic) bond motifs is 2. The van der Waals surface area contributed by atoms with Crippen LogP contribution in [0.4, 0.5) is 0 Å². The van der Waals surface area contributed by atoms with Gasteiger partial charge in [-0.2, -0.15) is 0 Å². The third kappa shape index (κ3) is 5.66. The molecule has 2 saturated heterocycles. The molecule has 0 spiro atoms. The summed E-state index contributed by atoms with van der Waals surface area (Å²) in [6.07, 6.45) is 4.80. The molecule has 3 atom stereocenters. The zero-order valence-corrected chi connectivity index (χ0v) is 18.8. The average molecular weight is 444 g/mol. The van der Waals surface area contributed by atoms with Crippen molar-refractivity contribution in [1.29, 1.82) is 0 Å². The predicted octanol–water partition coefficient (Wildman–Crippen LogP) is 4.53. The third-order valence-electron chi connectivity index (χ3n) is 6.45. The third-order valence-corrected chi connectivity index (χ3v) is 6.45. The van der Waals surface area contributed by atoms with E-state index in [9.17, 15) is 9.59 Å². The van der Waals surface area contributed by atoms with Gasteiger partial charge in [-0.3, -0.25) is 9.59 Å². The number of carbonyl (C=O) groups excluding carboxylic acids is 2. The van der Waals surface area contributed by atoms with Crippen LogP contribution in [0.3, 0.4) is 0 Å². The summed E-state index contributed by atoms with van der Waals surface area (Å²) in [4.78, 5) is 26.8. The second kappa shape index (κ2) is 10.3. The molecule has 4 rings (SSSR count). The maximum Gasteiger partial charge on any atom is 0.314 e. The molecule has 2 aromatic rings. The molecule has 31 heavy (non-hydrogen) atoms. The van der Waals surface area contributed by atoms with Gasteiger partial charge in [0.15, 0.2) is 0 Å². The van der Waals surface area contributed by atoms with Crippen LogP contribution in [0.15, 0.2) is 54.6 Å². The minimum Gasteiger partial charge on any atom is -0.462 e. The van der Waals surface area contributed by atoms with E-state index < -0.39 is 0 Å². The average Bonchev–Trinajstić information content (AvgIpc) is 2.94. The lowest BCUT2D eigenvalue weighted by molar-refractivity contribution is -0.154. The number of ether oxygens (including phenoxy) is 2. The van der Waals surface area contributed by atoms with Crippen LogP contribution in [0, 0.1) is 0 Å². The van der Waals surface area contributed by atoms with Gasteiger partial charge in [0.25, 0.3) is 0 Å². The van der Waals surface area contributed by atoms with Crippen LogP contribution in [-0.2, 0) is 20.7 Å². The largest absolute Gasteiger partial charge is 0.462 e. The molecular weight excluding hydrogens is 414 g/mol. The zero-order valence-electron chi connectivity index (χ0n) is 18.0. The second-order valence-electron chi connectivity index (χ2n) is 8.49. The molecule has 2 bridgehead atoms. The molecular formula is C25H30ClNO4. The van der Waals surface area contributed by atoms with Gasteiger partial charge in [-0.15, -0.1) is 12.4 Å². The Balaban J connectivity index is 0.00000272. The fraction of sp³-hybridized carbons (Fsp3) is 0.440. The normalized spacial score (nSPS) is 23.5. The van der Waals surface area contributed by atoms with E-state index in [4.69, 9.17) is 9.47 Å². The van der Waals surface area contributed by atoms with E-state index in [0.717, 1.165) is 24.0 Å². The molecule has 0 aromatic heterocycles. The Kier molecular flexibility index (Phi) is 7.74. The highest BCUT2D eigenvalue weighted by Gasteiger charge is 2.40. The van der Waals surface area contributed by atoms with E-state index in [0.29, 0.717) is 24.3 Å². The van der Waals surface area contributed by atoms with Gasteiger partial charge in [-0.25, -0.2) is 0 Å². The Morgan fingerprint density at radius 3 is 2.19 bits per heavy atom. The Morgan fingerprint density at radius 2 is 1.61 bits per heavy atom. The summed E-state index contributed by atoms with van der Waals surface area (Å²) < 4.78 is 11.2. The monoisotopic (exact) mass is 443 g/mol. The topological polar surface area (TPSA) is 55.8 Å². The Hall–Kier alpha value is -2.37. The molecule has 2 aromatic carbocycles. The molecule has 6 heteroatoms. The molecule has 0 saturated carbocycles. The molecule has 2 aliphatic rings. The first kappa shape index (κ1) is 23.3. The quantitative estimate of drug-likeness (QED) is 0.485. The number of hydrogen-bond acceptors (Lipinski definition) is 5. The Bertz CT molecular complexity index is 872. The number of benzene rings is 2. The lowest BCUT2D eigenvalue weighted by Crippen LogP contribution is -2.43. The fourth-order valence-electron chi connectivity index (χ4n) is 4.82. The summed E-state index contributed by atoms with van der Waals surface area (Å²) in [5.74, 6) is -0.352. The SMILES string of the molecule is CC(=O)Oc1ccc(CC(C(=O)OC2CC3CCC(C2)N3C)c2ccccc2)cc1.Cl. The van der Waals surface area contributed by atoms with Crippen LogP contribution < -0.4 is 4.74 Å². The van der Waals surface area contributed by atoms with Crippen molar-refractivity contribution in [3.05, 3.63) is 65.7 Å². The van der Waals surface area contributed by atoms with Gasteiger partial charge in [-0.1, -0.05) is 42.5 Å². The fourth-order valence-corrected chi connectivity index (χ4v) is 4.82. The molecule has 0 N–H and O–H groups in total. The Morgan fingerprint density at radius 1 is 1.00 bits per heavy atom. The van der Waals surface area contributed by atoms with Crippen molar-refractivity contribution in [3.63, 3.8) is 0 Å². The Labute approximate surface area is 190 Å². The van der Waals surface area contributed by atoms with Crippen molar-refractivity contribution in [2.45, 2.75) is 63.1 Å². The highest BCUT2D eigenvalue weighted by Crippen LogP contribution is 2.36. The van der Waals surface area contributed by atoms with E-state index in [1.807, 2.05) is 42.5 Å².